The van der Waals surface area contributed by atoms with E-state index in [1.54, 1.807) is 0 Å². The summed E-state index contributed by atoms with van der Waals surface area (Å²) in [5.41, 5.74) is 4.15. The largest absolute Gasteiger partial charge is 0.353 e. The molecule has 3 heteroatoms. The van der Waals surface area contributed by atoms with Crippen molar-refractivity contribution in [2.45, 2.75) is 57.0 Å². The van der Waals surface area contributed by atoms with Gasteiger partial charge in [0.1, 0.15) is 5.41 Å². The van der Waals surface area contributed by atoms with Crippen LogP contribution in [0.3, 0.4) is 0 Å². The van der Waals surface area contributed by atoms with Crippen molar-refractivity contribution in [2.24, 2.45) is 0 Å². The molecular formula is C23H28N2O. The summed E-state index contributed by atoms with van der Waals surface area (Å²) in [6.07, 6.45) is 4.42. The van der Waals surface area contributed by atoms with Crippen molar-refractivity contribution in [3.8, 4) is 11.1 Å². The lowest BCUT2D eigenvalue weighted by atomic mass is 9.73. The van der Waals surface area contributed by atoms with Gasteiger partial charge in [-0.3, -0.25) is 4.79 Å². The highest BCUT2D eigenvalue weighted by molar-refractivity contribution is 6.00. The Morgan fingerprint density at radius 1 is 1.04 bits per heavy atom. The summed E-state index contributed by atoms with van der Waals surface area (Å²) < 4.78 is 0. The number of hydrogen-bond donors (Lipinski definition) is 2. The van der Waals surface area contributed by atoms with Crippen LogP contribution in [0.1, 0.15) is 50.7 Å². The molecule has 3 nitrogen and oxygen atoms in total. The summed E-state index contributed by atoms with van der Waals surface area (Å²) in [6, 6.07) is 17.7. The fraction of sp³-hybridized carbons (Fsp3) is 0.435. The fourth-order valence-corrected chi connectivity index (χ4v) is 4.29. The van der Waals surface area contributed by atoms with E-state index < -0.39 is 5.41 Å². The number of fused-ring (bicyclic) bond motifs is 3. The monoisotopic (exact) mass is 348 g/mol. The average molecular weight is 348 g/mol. The zero-order chi connectivity index (χ0) is 18.1. The Balaban J connectivity index is 1.74. The maximum absolute atomic E-state index is 13.5. The first-order chi connectivity index (χ1) is 12.6. The number of hydrogen-bond acceptors (Lipinski definition) is 2. The molecule has 1 amide bonds. The molecule has 0 aromatic heterocycles. The molecular weight excluding hydrogens is 320 g/mol. The highest BCUT2D eigenvalue weighted by Crippen LogP contribution is 2.51. The molecule has 1 fully saturated rings. The van der Waals surface area contributed by atoms with Crippen molar-refractivity contribution >= 4 is 5.91 Å². The molecule has 0 spiro atoms. The molecule has 0 aliphatic heterocycles. The second-order valence-electron chi connectivity index (χ2n) is 7.96. The van der Waals surface area contributed by atoms with Gasteiger partial charge in [0.2, 0.25) is 5.91 Å². The highest BCUT2D eigenvalue weighted by atomic mass is 16.2. The Hall–Kier alpha value is -2.13. The summed E-state index contributed by atoms with van der Waals surface area (Å²) >= 11 is 0. The Morgan fingerprint density at radius 2 is 1.62 bits per heavy atom. The van der Waals surface area contributed by atoms with Crippen LogP contribution in [0.15, 0.2) is 48.5 Å². The number of carbonyl (C=O) groups excluding carboxylic acids is 1. The van der Waals surface area contributed by atoms with E-state index in [9.17, 15) is 4.79 Å². The average Bonchev–Trinajstić information content (AvgIpc) is 3.41. The van der Waals surface area contributed by atoms with Gasteiger partial charge in [-0.1, -0.05) is 48.5 Å². The molecule has 1 saturated carbocycles. The van der Waals surface area contributed by atoms with Gasteiger partial charge >= 0.3 is 0 Å². The molecule has 0 heterocycles. The van der Waals surface area contributed by atoms with Gasteiger partial charge in [-0.05, 0) is 68.3 Å². The first-order valence-corrected chi connectivity index (χ1v) is 9.86. The topological polar surface area (TPSA) is 41.1 Å². The zero-order valence-electron chi connectivity index (χ0n) is 15.7. The molecule has 2 aliphatic rings. The maximum Gasteiger partial charge on any atom is 0.235 e. The van der Waals surface area contributed by atoms with Crippen LogP contribution in [0.25, 0.3) is 11.1 Å². The summed E-state index contributed by atoms with van der Waals surface area (Å²) in [7, 11) is 0. The van der Waals surface area contributed by atoms with E-state index in [-0.39, 0.29) is 11.9 Å². The Bertz CT molecular complexity index is 762. The minimum atomic E-state index is -0.581. The van der Waals surface area contributed by atoms with Gasteiger partial charge < -0.3 is 10.6 Å². The van der Waals surface area contributed by atoms with Gasteiger partial charge in [-0.2, -0.15) is 0 Å². The van der Waals surface area contributed by atoms with Gasteiger partial charge in [0.15, 0.2) is 0 Å². The van der Waals surface area contributed by atoms with Crippen LogP contribution in [0.2, 0.25) is 0 Å². The summed E-state index contributed by atoms with van der Waals surface area (Å²) in [5.74, 6) is 0.135. The van der Waals surface area contributed by atoms with Crippen LogP contribution < -0.4 is 10.6 Å². The van der Waals surface area contributed by atoms with Crippen molar-refractivity contribution in [2.75, 3.05) is 6.54 Å². The molecule has 2 aromatic rings. The van der Waals surface area contributed by atoms with E-state index in [1.165, 1.54) is 24.0 Å². The Labute approximate surface area is 156 Å². The number of nitrogens with one attached hydrogen (secondary N) is 2. The first-order valence-electron chi connectivity index (χ1n) is 9.86. The van der Waals surface area contributed by atoms with Crippen LogP contribution in [-0.4, -0.2) is 24.5 Å². The number of amides is 1. The van der Waals surface area contributed by atoms with Gasteiger partial charge in [-0.15, -0.1) is 0 Å². The molecule has 2 aliphatic carbocycles. The fourth-order valence-electron chi connectivity index (χ4n) is 4.29. The minimum Gasteiger partial charge on any atom is -0.353 e. The van der Waals surface area contributed by atoms with Gasteiger partial charge in [0.25, 0.3) is 0 Å². The van der Waals surface area contributed by atoms with Crippen molar-refractivity contribution in [3.63, 3.8) is 0 Å². The lowest BCUT2D eigenvalue weighted by Crippen LogP contribution is -2.47. The smallest absolute Gasteiger partial charge is 0.235 e. The molecule has 0 saturated heterocycles. The molecule has 4 rings (SSSR count). The van der Waals surface area contributed by atoms with Crippen LogP contribution in [0.5, 0.6) is 0 Å². The second-order valence-corrected chi connectivity index (χ2v) is 7.96. The zero-order valence-corrected chi connectivity index (χ0v) is 15.7. The van der Waals surface area contributed by atoms with Crippen LogP contribution in [0, 0.1) is 0 Å². The van der Waals surface area contributed by atoms with Gasteiger partial charge in [0.05, 0.1) is 0 Å². The normalized spacial score (nSPS) is 17.0. The van der Waals surface area contributed by atoms with Gasteiger partial charge in [-0.25, -0.2) is 0 Å². The van der Waals surface area contributed by atoms with Crippen LogP contribution >= 0.6 is 0 Å². The predicted octanol–water partition coefficient (Wildman–Crippen LogP) is 4.01. The summed E-state index contributed by atoms with van der Waals surface area (Å²) in [5, 5.41) is 6.80. The SMILES string of the molecule is CC(C)NC(=O)C1(CCCNC2CC2)c2ccccc2-c2ccccc21. The van der Waals surface area contributed by atoms with E-state index in [4.69, 9.17) is 0 Å². The van der Waals surface area contributed by atoms with Crippen molar-refractivity contribution in [1.82, 2.24) is 10.6 Å². The summed E-state index contributed by atoms with van der Waals surface area (Å²) in [4.78, 5) is 13.5. The number of carbonyl (C=O) groups is 1. The van der Waals surface area contributed by atoms with Crippen LogP contribution in [-0.2, 0) is 10.2 Å². The van der Waals surface area contributed by atoms with Crippen molar-refractivity contribution < 1.29 is 4.79 Å². The molecule has 0 radical (unpaired) electrons. The third-order valence-electron chi connectivity index (χ3n) is 5.61. The molecule has 26 heavy (non-hydrogen) atoms. The van der Waals surface area contributed by atoms with E-state index in [0.717, 1.165) is 30.5 Å². The maximum atomic E-state index is 13.5. The predicted molar refractivity (Wildman–Crippen MR) is 106 cm³/mol. The first kappa shape index (κ1) is 17.3. The van der Waals surface area contributed by atoms with E-state index >= 15 is 0 Å². The third kappa shape index (κ3) is 2.95. The second kappa shape index (κ2) is 6.88. The quantitative estimate of drug-likeness (QED) is 0.742. The molecule has 2 N–H and O–H groups in total. The van der Waals surface area contributed by atoms with Crippen molar-refractivity contribution in [1.29, 1.82) is 0 Å². The van der Waals surface area contributed by atoms with Gasteiger partial charge in [0, 0.05) is 12.1 Å². The van der Waals surface area contributed by atoms with Crippen LogP contribution in [0.4, 0.5) is 0 Å². The van der Waals surface area contributed by atoms with E-state index in [0.29, 0.717) is 6.04 Å². The number of rotatable bonds is 7. The molecule has 0 atom stereocenters. The Morgan fingerprint density at radius 3 is 2.15 bits per heavy atom. The van der Waals surface area contributed by atoms with E-state index in [2.05, 4.69) is 59.2 Å². The lowest BCUT2D eigenvalue weighted by molar-refractivity contribution is -0.126. The molecule has 0 bridgehead atoms. The van der Waals surface area contributed by atoms with Crippen molar-refractivity contribution in [3.05, 3.63) is 59.7 Å². The minimum absolute atomic E-state index is 0.129. The number of benzene rings is 2. The standard InChI is InChI=1S/C23H28N2O/c1-16(2)25-22(26)23(14-7-15-24-17-12-13-17)20-10-5-3-8-18(20)19-9-4-6-11-21(19)23/h3-6,8-11,16-17,24H,7,12-15H2,1-2H3,(H,25,26). The molecule has 0 unspecified atom stereocenters. The lowest BCUT2D eigenvalue weighted by Gasteiger charge is -2.32. The molecule has 2 aromatic carbocycles. The van der Waals surface area contributed by atoms with E-state index in [1.807, 2.05) is 13.8 Å². The third-order valence-corrected chi connectivity index (χ3v) is 5.61. The summed E-state index contributed by atoms with van der Waals surface area (Å²) in [6.45, 7) is 5.05. The Kier molecular flexibility index (Phi) is 4.58. The highest BCUT2D eigenvalue weighted by Gasteiger charge is 2.48. The molecule has 136 valence electrons.